The van der Waals surface area contributed by atoms with Crippen LogP contribution in [0.2, 0.25) is 0 Å². The standard InChI is InChI=1S/C19H30N2O/c1-15(2)12-19(22)20-13-16(3)21(17(4)14-20)11-10-18-8-6-5-7-9-18/h5-9,15-17H,10-14H2,1-4H3. The number of hydrogen-bond donors (Lipinski definition) is 0. The number of carbonyl (C=O) groups is 1. The van der Waals surface area contributed by atoms with Crippen LogP contribution in [0.15, 0.2) is 30.3 Å². The second-order valence-electron chi connectivity index (χ2n) is 7.07. The molecule has 0 saturated carbocycles. The van der Waals surface area contributed by atoms with Crippen LogP contribution >= 0.6 is 0 Å². The predicted octanol–water partition coefficient (Wildman–Crippen LogP) is 3.20. The van der Waals surface area contributed by atoms with Gasteiger partial charge in [-0.1, -0.05) is 44.2 Å². The first-order valence-corrected chi connectivity index (χ1v) is 8.54. The van der Waals surface area contributed by atoms with Crippen molar-refractivity contribution in [1.82, 2.24) is 9.80 Å². The SMILES string of the molecule is CC(C)CC(=O)N1CC(C)N(CCc2ccccc2)C(C)C1. The Morgan fingerprint density at radius 3 is 2.27 bits per heavy atom. The highest BCUT2D eigenvalue weighted by Crippen LogP contribution is 2.18. The van der Waals surface area contributed by atoms with Crippen molar-refractivity contribution in [3.63, 3.8) is 0 Å². The third-order valence-electron chi connectivity index (χ3n) is 4.54. The van der Waals surface area contributed by atoms with Gasteiger partial charge in [-0.2, -0.15) is 0 Å². The van der Waals surface area contributed by atoms with E-state index in [0.717, 1.165) is 26.1 Å². The zero-order chi connectivity index (χ0) is 16.1. The number of amides is 1. The molecule has 1 aliphatic rings. The summed E-state index contributed by atoms with van der Waals surface area (Å²) in [4.78, 5) is 16.9. The molecule has 1 aliphatic heterocycles. The molecule has 0 spiro atoms. The van der Waals surface area contributed by atoms with Crippen molar-refractivity contribution in [2.45, 2.75) is 52.6 Å². The average Bonchev–Trinajstić information content (AvgIpc) is 2.46. The molecule has 22 heavy (non-hydrogen) atoms. The third-order valence-corrected chi connectivity index (χ3v) is 4.54. The quantitative estimate of drug-likeness (QED) is 0.834. The molecule has 0 N–H and O–H groups in total. The van der Waals surface area contributed by atoms with Crippen molar-refractivity contribution in [3.8, 4) is 0 Å². The van der Waals surface area contributed by atoms with Crippen LogP contribution in [-0.4, -0.2) is 47.4 Å². The fraction of sp³-hybridized carbons (Fsp3) is 0.632. The minimum Gasteiger partial charge on any atom is -0.340 e. The lowest BCUT2D eigenvalue weighted by Crippen LogP contribution is -2.58. The number of hydrogen-bond acceptors (Lipinski definition) is 2. The summed E-state index contributed by atoms with van der Waals surface area (Å²) < 4.78 is 0. The summed E-state index contributed by atoms with van der Waals surface area (Å²) in [6.45, 7) is 11.5. The Labute approximate surface area is 135 Å². The zero-order valence-corrected chi connectivity index (χ0v) is 14.5. The van der Waals surface area contributed by atoms with Crippen LogP contribution in [0.5, 0.6) is 0 Å². The molecule has 3 heteroatoms. The van der Waals surface area contributed by atoms with Gasteiger partial charge in [0, 0.05) is 38.1 Å². The van der Waals surface area contributed by atoms with Crippen molar-refractivity contribution in [1.29, 1.82) is 0 Å². The van der Waals surface area contributed by atoms with Gasteiger partial charge in [0.15, 0.2) is 0 Å². The third kappa shape index (κ3) is 4.57. The monoisotopic (exact) mass is 302 g/mol. The molecular weight excluding hydrogens is 272 g/mol. The fourth-order valence-corrected chi connectivity index (χ4v) is 3.38. The van der Waals surface area contributed by atoms with Gasteiger partial charge >= 0.3 is 0 Å². The van der Waals surface area contributed by atoms with E-state index in [4.69, 9.17) is 0 Å². The Morgan fingerprint density at radius 2 is 1.73 bits per heavy atom. The maximum atomic E-state index is 12.3. The van der Waals surface area contributed by atoms with Crippen molar-refractivity contribution in [2.75, 3.05) is 19.6 Å². The fourth-order valence-electron chi connectivity index (χ4n) is 3.38. The first-order chi connectivity index (χ1) is 10.5. The van der Waals surface area contributed by atoms with Crippen LogP contribution in [0.4, 0.5) is 0 Å². The lowest BCUT2D eigenvalue weighted by Gasteiger charge is -2.44. The summed E-state index contributed by atoms with van der Waals surface area (Å²) in [5.41, 5.74) is 1.39. The minimum atomic E-state index is 0.316. The summed E-state index contributed by atoms with van der Waals surface area (Å²) in [6.07, 6.45) is 1.75. The van der Waals surface area contributed by atoms with Crippen molar-refractivity contribution in [2.24, 2.45) is 5.92 Å². The molecule has 1 heterocycles. The van der Waals surface area contributed by atoms with E-state index in [1.165, 1.54) is 5.56 Å². The van der Waals surface area contributed by atoms with Crippen LogP contribution < -0.4 is 0 Å². The van der Waals surface area contributed by atoms with Gasteiger partial charge in [-0.15, -0.1) is 0 Å². The Morgan fingerprint density at radius 1 is 1.14 bits per heavy atom. The van der Waals surface area contributed by atoms with Crippen LogP contribution in [0.3, 0.4) is 0 Å². The number of carbonyl (C=O) groups excluding carboxylic acids is 1. The van der Waals surface area contributed by atoms with Gasteiger partial charge in [0.05, 0.1) is 0 Å². The van der Waals surface area contributed by atoms with E-state index in [2.05, 4.69) is 67.8 Å². The molecule has 0 aromatic heterocycles. The largest absolute Gasteiger partial charge is 0.340 e. The first-order valence-electron chi connectivity index (χ1n) is 8.54. The summed E-state index contributed by atoms with van der Waals surface area (Å²) >= 11 is 0. The first kappa shape index (κ1) is 17.0. The van der Waals surface area contributed by atoms with Crippen molar-refractivity contribution < 1.29 is 4.79 Å². The number of benzene rings is 1. The molecule has 1 fully saturated rings. The highest BCUT2D eigenvalue weighted by Gasteiger charge is 2.31. The molecule has 1 aromatic rings. The maximum Gasteiger partial charge on any atom is 0.222 e. The van der Waals surface area contributed by atoms with Gasteiger partial charge < -0.3 is 4.90 Å². The predicted molar refractivity (Wildman–Crippen MR) is 91.8 cm³/mol. The smallest absolute Gasteiger partial charge is 0.222 e. The summed E-state index contributed by atoms with van der Waals surface area (Å²) in [6, 6.07) is 11.5. The Bertz CT molecular complexity index is 460. The molecule has 1 saturated heterocycles. The van der Waals surface area contributed by atoms with Gasteiger partial charge in [-0.05, 0) is 31.7 Å². The lowest BCUT2D eigenvalue weighted by molar-refractivity contribution is -0.136. The van der Waals surface area contributed by atoms with E-state index >= 15 is 0 Å². The van der Waals surface area contributed by atoms with E-state index < -0.39 is 0 Å². The molecule has 2 rings (SSSR count). The van der Waals surface area contributed by atoms with E-state index in [9.17, 15) is 4.79 Å². The Balaban J connectivity index is 1.89. The molecule has 0 bridgehead atoms. The molecule has 0 radical (unpaired) electrons. The Hall–Kier alpha value is -1.35. The molecule has 3 nitrogen and oxygen atoms in total. The van der Waals surface area contributed by atoms with Crippen molar-refractivity contribution in [3.05, 3.63) is 35.9 Å². The summed E-state index contributed by atoms with van der Waals surface area (Å²) in [5, 5.41) is 0. The highest BCUT2D eigenvalue weighted by atomic mass is 16.2. The minimum absolute atomic E-state index is 0.316. The molecule has 122 valence electrons. The normalized spacial score (nSPS) is 23.0. The lowest BCUT2D eigenvalue weighted by atomic mass is 10.0. The molecule has 0 aliphatic carbocycles. The second-order valence-corrected chi connectivity index (χ2v) is 7.07. The second kappa shape index (κ2) is 7.77. The van der Waals surface area contributed by atoms with Gasteiger partial charge in [0.25, 0.3) is 0 Å². The number of nitrogens with zero attached hydrogens (tertiary/aromatic N) is 2. The molecule has 1 amide bonds. The summed E-state index contributed by atoms with van der Waals surface area (Å²) in [7, 11) is 0. The van der Waals surface area contributed by atoms with E-state index in [1.54, 1.807) is 0 Å². The Kier molecular flexibility index (Phi) is 6.01. The van der Waals surface area contributed by atoms with Crippen LogP contribution in [0.25, 0.3) is 0 Å². The van der Waals surface area contributed by atoms with Crippen LogP contribution in [0.1, 0.15) is 39.7 Å². The summed E-state index contributed by atoms with van der Waals surface area (Å²) in [5.74, 6) is 0.755. The van der Waals surface area contributed by atoms with Crippen molar-refractivity contribution >= 4 is 5.91 Å². The number of piperazine rings is 1. The van der Waals surface area contributed by atoms with Crippen LogP contribution in [-0.2, 0) is 11.2 Å². The number of rotatable bonds is 5. The van der Waals surface area contributed by atoms with Gasteiger partial charge in [0.1, 0.15) is 0 Å². The molecule has 1 aromatic carbocycles. The van der Waals surface area contributed by atoms with Crippen LogP contribution in [0, 0.1) is 5.92 Å². The van der Waals surface area contributed by atoms with Gasteiger partial charge in [-0.3, -0.25) is 9.69 Å². The van der Waals surface area contributed by atoms with E-state index in [-0.39, 0.29) is 0 Å². The zero-order valence-electron chi connectivity index (χ0n) is 14.5. The topological polar surface area (TPSA) is 23.6 Å². The highest BCUT2D eigenvalue weighted by molar-refractivity contribution is 5.76. The molecule has 2 unspecified atom stereocenters. The van der Waals surface area contributed by atoms with Gasteiger partial charge in [0.2, 0.25) is 5.91 Å². The average molecular weight is 302 g/mol. The van der Waals surface area contributed by atoms with Gasteiger partial charge in [-0.25, -0.2) is 0 Å². The molecular formula is C19H30N2O. The maximum absolute atomic E-state index is 12.3. The molecule has 2 atom stereocenters. The van der Waals surface area contributed by atoms with E-state index in [1.807, 2.05) is 0 Å². The van der Waals surface area contributed by atoms with E-state index in [0.29, 0.717) is 30.3 Å².